The van der Waals surface area contributed by atoms with Gasteiger partial charge in [-0.05, 0) is 26.8 Å². The van der Waals surface area contributed by atoms with Crippen molar-refractivity contribution < 1.29 is 9.53 Å². The number of anilines is 1. The zero-order valence-electron chi connectivity index (χ0n) is 11.7. The van der Waals surface area contributed by atoms with Crippen LogP contribution in [-0.2, 0) is 4.74 Å². The first-order chi connectivity index (χ1) is 9.17. The molecule has 0 saturated carbocycles. The number of aromatic nitrogens is 1. The average Bonchev–Trinajstić information content (AvgIpc) is 2.20. The SMILES string of the molecule is CC(C)(C)OC(=O)N1CC(n2cc(Cl)cc(N)c2=O)C1. The zero-order chi connectivity index (χ0) is 15.1. The molecule has 1 amide bonds. The quantitative estimate of drug-likeness (QED) is 0.859. The van der Waals surface area contributed by atoms with Gasteiger partial charge in [-0.15, -0.1) is 0 Å². The molecule has 7 heteroatoms. The molecule has 0 bridgehead atoms. The summed E-state index contributed by atoms with van der Waals surface area (Å²) in [6.07, 6.45) is 1.16. The van der Waals surface area contributed by atoms with E-state index in [-0.39, 0.29) is 23.4 Å². The summed E-state index contributed by atoms with van der Waals surface area (Å²) in [5.74, 6) is 0. The second-order valence-corrected chi connectivity index (χ2v) is 6.30. The highest BCUT2D eigenvalue weighted by Gasteiger charge is 2.35. The van der Waals surface area contributed by atoms with Crippen LogP contribution >= 0.6 is 11.6 Å². The summed E-state index contributed by atoms with van der Waals surface area (Å²) < 4.78 is 6.72. The molecule has 1 saturated heterocycles. The molecule has 1 aliphatic rings. The maximum atomic E-state index is 11.9. The van der Waals surface area contributed by atoms with Crippen LogP contribution in [-0.4, -0.2) is 34.3 Å². The van der Waals surface area contributed by atoms with Crippen molar-refractivity contribution in [3.05, 3.63) is 27.6 Å². The number of pyridine rings is 1. The Labute approximate surface area is 122 Å². The van der Waals surface area contributed by atoms with Crippen molar-refractivity contribution >= 4 is 23.4 Å². The Kier molecular flexibility index (Phi) is 3.69. The number of hydrogen-bond donors (Lipinski definition) is 1. The van der Waals surface area contributed by atoms with Gasteiger partial charge in [-0.25, -0.2) is 4.79 Å². The van der Waals surface area contributed by atoms with Gasteiger partial charge in [0.25, 0.3) is 5.56 Å². The standard InChI is InChI=1S/C13H18ClN3O3/c1-13(2,3)20-12(19)16-6-9(7-16)17-5-8(14)4-10(15)11(17)18/h4-5,9H,6-7,15H2,1-3H3. The maximum Gasteiger partial charge on any atom is 0.410 e. The molecule has 2 rings (SSSR count). The molecular formula is C13H18ClN3O3. The lowest BCUT2D eigenvalue weighted by Gasteiger charge is -2.40. The largest absolute Gasteiger partial charge is 0.444 e. The molecule has 6 nitrogen and oxygen atoms in total. The van der Waals surface area contributed by atoms with E-state index in [0.717, 1.165) is 0 Å². The number of carbonyl (C=O) groups excluding carboxylic acids is 1. The van der Waals surface area contributed by atoms with Crippen molar-refractivity contribution in [1.29, 1.82) is 0 Å². The first-order valence-electron chi connectivity index (χ1n) is 6.32. The lowest BCUT2D eigenvalue weighted by atomic mass is 10.1. The van der Waals surface area contributed by atoms with E-state index in [1.807, 2.05) is 20.8 Å². The molecule has 110 valence electrons. The van der Waals surface area contributed by atoms with Crippen LogP contribution in [0.4, 0.5) is 10.5 Å². The van der Waals surface area contributed by atoms with Crippen LogP contribution in [0.3, 0.4) is 0 Å². The Balaban J connectivity index is 2.04. The van der Waals surface area contributed by atoms with E-state index >= 15 is 0 Å². The Morgan fingerprint density at radius 1 is 1.45 bits per heavy atom. The van der Waals surface area contributed by atoms with Crippen LogP contribution in [0.1, 0.15) is 26.8 Å². The Morgan fingerprint density at radius 3 is 2.60 bits per heavy atom. The van der Waals surface area contributed by atoms with E-state index in [2.05, 4.69) is 0 Å². The second kappa shape index (κ2) is 5.01. The molecule has 1 aromatic rings. The second-order valence-electron chi connectivity index (χ2n) is 5.87. The summed E-state index contributed by atoms with van der Waals surface area (Å²) in [5.41, 5.74) is 4.88. The predicted molar refractivity (Wildman–Crippen MR) is 77.0 cm³/mol. The monoisotopic (exact) mass is 299 g/mol. The molecular weight excluding hydrogens is 282 g/mol. The van der Waals surface area contributed by atoms with Crippen molar-refractivity contribution in [2.75, 3.05) is 18.8 Å². The number of rotatable bonds is 1. The molecule has 0 aliphatic carbocycles. The number of nitrogen functional groups attached to an aromatic ring is 1. The van der Waals surface area contributed by atoms with Gasteiger partial charge in [0.1, 0.15) is 5.60 Å². The summed E-state index contributed by atoms with van der Waals surface area (Å²) >= 11 is 5.89. The Hall–Kier alpha value is -1.69. The van der Waals surface area contributed by atoms with E-state index in [0.29, 0.717) is 18.1 Å². The number of likely N-dealkylation sites (tertiary alicyclic amines) is 1. The fraction of sp³-hybridized carbons (Fsp3) is 0.538. The molecule has 2 N–H and O–H groups in total. The summed E-state index contributed by atoms with van der Waals surface area (Å²) in [7, 11) is 0. The van der Waals surface area contributed by atoms with Gasteiger partial charge in [-0.3, -0.25) is 4.79 Å². The smallest absolute Gasteiger partial charge is 0.410 e. The van der Waals surface area contributed by atoms with E-state index in [1.54, 1.807) is 4.90 Å². The molecule has 20 heavy (non-hydrogen) atoms. The Bertz CT molecular complexity index is 586. The molecule has 0 aromatic carbocycles. The van der Waals surface area contributed by atoms with E-state index < -0.39 is 5.60 Å². The van der Waals surface area contributed by atoms with Gasteiger partial charge in [0, 0.05) is 19.3 Å². The van der Waals surface area contributed by atoms with Gasteiger partial charge in [-0.2, -0.15) is 0 Å². The van der Waals surface area contributed by atoms with Crippen LogP contribution in [0, 0.1) is 0 Å². The summed E-state index contributed by atoms with van der Waals surface area (Å²) in [4.78, 5) is 25.2. The number of carbonyl (C=O) groups is 1. The minimum absolute atomic E-state index is 0.105. The third kappa shape index (κ3) is 3.07. The lowest BCUT2D eigenvalue weighted by molar-refractivity contribution is 0.000698. The van der Waals surface area contributed by atoms with Crippen LogP contribution < -0.4 is 11.3 Å². The van der Waals surface area contributed by atoms with Gasteiger partial charge in [0.05, 0.1) is 16.8 Å². The normalized spacial score (nSPS) is 15.9. The fourth-order valence-corrected chi connectivity index (χ4v) is 2.19. The van der Waals surface area contributed by atoms with Gasteiger partial charge >= 0.3 is 6.09 Å². The highest BCUT2D eigenvalue weighted by molar-refractivity contribution is 6.30. The van der Waals surface area contributed by atoms with Gasteiger partial charge < -0.3 is 19.9 Å². The average molecular weight is 300 g/mol. The van der Waals surface area contributed by atoms with Crippen molar-refractivity contribution in [2.24, 2.45) is 0 Å². The van der Waals surface area contributed by atoms with E-state index in [1.165, 1.54) is 16.8 Å². The van der Waals surface area contributed by atoms with Crippen LogP contribution in [0.15, 0.2) is 17.1 Å². The van der Waals surface area contributed by atoms with Gasteiger partial charge in [0.15, 0.2) is 0 Å². The number of ether oxygens (including phenoxy) is 1. The van der Waals surface area contributed by atoms with E-state index in [4.69, 9.17) is 22.1 Å². The summed E-state index contributed by atoms with van der Waals surface area (Å²) in [6.45, 7) is 6.25. The molecule has 1 aliphatic heterocycles. The number of nitrogens with two attached hydrogens (primary N) is 1. The summed E-state index contributed by atoms with van der Waals surface area (Å²) in [5, 5.41) is 0.401. The van der Waals surface area contributed by atoms with Gasteiger partial charge in [0.2, 0.25) is 0 Å². The van der Waals surface area contributed by atoms with Crippen molar-refractivity contribution in [1.82, 2.24) is 9.47 Å². The number of nitrogens with zero attached hydrogens (tertiary/aromatic N) is 2. The molecule has 0 spiro atoms. The molecule has 2 heterocycles. The van der Waals surface area contributed by atoms with Crippen molar-refractivity contribution in [3.63, 3.8) is 0 Å². The Morgan fingerprint density at radius 2 is 2.05 bits per heavy atom. The maximum absolute atomic E-state index is 11.9. The third-order valence-corrected chi connectivity index (χ3v) is 3.15. The minimum Gasteiger partial charge on any atom is -0.444 e. The highest BCUT2D eigenvalue weighted by atomic mass is 35.5. The minimum atomic E-state index is -0.528. The third-order valence-electron chi connectivity index (χ3n) is 2.94. The van der Waals surface area contributed by atoms with Crippen LogP contribution in [0.5, 0.6) is 0 Å². The van der Waals surface area contributed by atoms with Crippen molar-refractivity contribution in [3.8, 4) is 0 Å². The van der Waals surface area contributed by atoms with Crippen molar-refractivity contribution in [2.45, 2.75) is 32.4 Å². The topological polar surface area (TPSA) is 77.6 Å². The number of halogens is 1. The highest BCUT2D eigenvalue weighted by Crippen LogP contribution is 2.24. The fourth-order valence-electron chi connectivity index (χ4n) is 1.97. The number of hydrogen-bond acceptors (Lipinski definition) is 4. The van der Waals surface area contributed by atoms with Crippen LogP contribution in [0.25, 0.3) is 0 Å². The van der Waals surface area contributed by atoms with Gasteiger partial charge in [-0.1, -0.05) is 11.6 Å². The molecule has 1 fully saturated rings. The summed E-state index contributed by atoms with van der Waals surface area (Å²) in [6, 6.07) is 1.31. The molecule has 1 aromatic heterocycles. The number of amides is 1. The van der Waals surface area contributed by atoms with Crippen LogP contribution in [0.2, 0.25) is 5.02 Å². The molecule has 0 radical (unpaired) electrons. The first-order valence-corrected chi connectivity index (χ1v) is 6.70. The van der Waals surface area contributed by atoms with E-state index in [9.17, 15) is 9.59 Å². The molecule has 0 atom stereocenters. The predicted octanol–water partition coefficient (Wildman–Crippen LogP) is 1.88. The first kappa shape index (κ1) is 14.7. The lowest BCUT2D eigenvalue weighted by Crippen LogP contribution is -2.54. The molecule has 0 unspecified atom stereocenters. The zero-order valence-corrected chi connectivity index (χ0v) is 12.5.